The van der Waals surface area contributed by atoms with E-state index in [0.717, 1.165) is 41.9 Å². The second-order valence-electron chi connectivity index (χ2n) is 9.45. The molecule has 4 rings (SSSR count). The number of benzene rings is 2. The largest absolute Gasteiger partial charge is 0.444 e. The molecule has 2 aromatic carbocycles. The van der Waals surface area contributed by atoms with Crippen molar-refractivity contribution in [3.63, 3.8) is 0 Å². The third kappa shape index (κ3) is 5.39. The molecular weight excluding hydrogens is 407 g/mol. The summed E-state index contributed by atoms with van der Waals surface area (Å²) in [4.78, 5) is 19.1. The number of hydrogen-bond acceptors (Lipinski definition) is 4. The SMILES string of the molecule is CC(C)(C)OC(=O)N1CCC[C@@H](CNc2nc3ccccc3n2Cc2ccc(F)cc2)C1. The van der Waals surface area contributed by atoms with Gasteiger partial charge >= 0.3 is 6.09 Å². The lowest BCUT2D eigenvalue weighted by atomic mass is 9.98. The number of fused-ring (bicyclic) bond motifs is 1. The molecule has 0 bridgehead atoms. The summed E-state index contributed by atoms with van der Waals surface area (Å²) >= 11 is 0. The molecule has 170 valence electrons. The van der Waals surface area contributed by atoms with Gasteiger partial charge < -0.3 is 19.5 Å². The highest BCUT2D eigenvalue weighted by Crippen LogP contribution is 2.24. The Hall–Kier alpha value is -3.09. The van der Waals surface area contributed by atoms with Crippen molar-refractivity contribution in [1.29, 1.82) is 0 Å². The molecule has 1 saturated heterocycles. The second-order valence-corrected chi connectivity index (χ2v) is 9.45. The van der Waals surface area contributed by atoms with Crippen LogP contribution in [0.2, 0.25) is 0 Å². The first-order valence-corrected chi connectivity index (χ1v) is 11.2. The van der Waals surface area contributed by atoms with E-state index in [-0.39, 0.29) is 11.9 Å². The van der Waals surface area contributed by atoms with E-state index in [4.69, 9.17) is 9.72 Å². The zero-order valence-electron chi connectivity index (χ0n) is 19.0. The van der Waals surface area contributed by atoms with Gasteiger partial charge in [-0.1, -0.05) is 24.3 Å². The third-order valence-electron chi connectivity index (χ3n) is 5.63. The van der Waals surface area contributed by atoms with Gasteiger partial charge in [-0.2, -0.15) is 0 Å². The number of carbonyl (C=O) groups excluding carboxylic acids is 1. The molecule has 0 radical (unpaired) electrons. The number of nitrogens with zero attached hydrogens (tertiary/aromatic N) is 3. The van der Waals surface area contributed by atoms with Crippen LogP contribution in [-0.4, -0.2) is 45.8 Å². The van der Waals surface area contributed by atoms with Gasteiger partial charge in [-0.05, 0) is 69.4 Å². The van der Waals surface area contributed by atoms with Crippen molar-refractivity contribution < 1.29 is 13.9 Å². The van der Waals surface area contributed by atoms with E-state index in [9.17, 15) is 9.18 Å². The quantitative estimate of drug-likeness (QED) is 0.589. The maximum atomic E-state index is 13.3. The first-order valence-electron chi connectivity index (χ1n) is 11.2. The zero-order chi connectivity index (χ0) is 22.7. The van der Waals surface area contributed by atoms with Crippen molar-refractivity contribution in [2.24, 2.45) is 5.92 Å². The normalized spacial score (nSPS) is 16.9. The minimum absolute atomic E-state index is 0.241. The van der Waals surface area contributed by atoms with Crippen LogP contribution < -0.4 is 5.32 Å². The molecule has 1 amide bonds. The van der Waals surface area contributed by atoms with Crippen molar-refractivity contribution in [2.75, 3.05) is 25.0 Å². The van der Waals surface area contributed by atoms with E-state index in [2.05, 4.69) is 9.88 Å². The smallest absolute Gasteiger partial charge is 0.410 e. The third-order valence-corrected chi connectivity index (χ3v) is 5.63. The van der Waals surface area contributed by atoms with Gasteiger partial charge in [0.25, 0.3) is 0 Å². The Balaban J connectivity index is 1.47. The number of para-hydroxylation sites is 2. The lowest BCUT2D eigenvalue weighted by Gasteiger charge is -2.34. The van der Waals surface area contributed by atoms with Gasteiger partial charge in [0, 0.05) is 19.6 Å². The van der Waals surface area contributed by atoms with Crippen molar-refractivity contribution in [1.82, 2.24) is 14.5 Å². The van der Waals surface area contributed by atoms with Crippen LogP contribution in [0.15, 0.2) is 48.5 Å². The maximum Gasteiger partial charge on any atom is 0.410 e. The number of likely N-dealkylation sites (tertiary alicyclic amines) is 1. The van der Waals surface area contributed by atoms with Crippen molar-refractivity contribution in [2.45, 2.75) is 45.8 Å². The first-order chi connectivity index (χ1) is 15.3. The molecule has 1 N–H and O–H groups in total. The number of aromatic nitrogens is 2. The molecular formula is C25H31FN4O2. The van der Waals surface area contributed by atoms with Crippen LogP contribution in [0.4, 0.5) is 15.1 Å². The molecule has 2 heterocycles. The molecule has 0 unspecified atom stereocenters. The van der Waals surface area contributed by atoms with Crippen LogP contribution in [0, 0.1) is 11.7 Å². The molecule has 1 aromatic heterocycles. The number of imidazole rings is 1. The Morgan fingerprint density at radius 2 is 1.94 bits per heavy atom. The number of nitrogens with one attached hydrogen (secondary N) is 1. The van der Waals surface area contributed by atoms with Gasteiger partial charge in [-0.15, -0.1) is 0 Å². The Bertz CT molecular complexity index is 1070. The molecule has 32 heavy (non-hydrogen) atoms. The number of carbonyl (C=O) groups is 1. The van der Waals surface area contributed by atoms with Crippen LogP contribution in [0.25, 0.3) is 11.0 Å². The number of ether oxygens (including phenoxy) is 1. The van der Waals surface area contributed by atoms with Crippen molar-refractivity contribution in [3.05, 3.63) is 59.9 Å². The topological polar surface area (TPSA) is 59.4 Å². The van der Waals surface area contributed by atoms with E-state index >= 15 is 0 Å². The summed E-state index contributed by atoms with van der Waals surface area (Å²) in [6, 6.07) is 14.6. The highest BCUT2D eigenvalue weighted by Gasteiger charge is 2.27. The summed E-state index contributed by atoms with van der Waals surface area (Å²) in [5.74, 6) is 0.856. The predicted molar refractivity (Wildman–Crippen MR) is 124 cm³/mol. The molecule has 1 fully saturated rings. The fourth-order valence-electron chi connectivity index (χ4n) is 4.10. The molecule has 0 aliphatic carbocycles. The van der Waals surface area contributed by atoms with Crippen LogP contribution in [0.3, 0.4) is 0 Å². The van der Waals surface area contributed by atoms with Gasteiger partial charge in [-0.25, -0.2) is 14.2 Å². The zero-order valence-corrected chi connectivity index (χ0v) is 19.0. The number of anilines is 1. The molecule has 7 heteroatoms. The summed E-state index contributed by atoms with van der Waals surface area (Å²) in [5, 5.41) is 3.51. The van der Waals surface area contributed by atoms with Gasteiger partial charge in [-0.3, -0.25) is 0 Å². The summed E-state index contributed by atoms with van der Waals surface area (Å²) in [6.45, 7) is 8.37. The van der Waals surface area contributed by atoms with Crippen molar-refractivity contribution in [3.8, 4) is 0 Å². The minimum Gasteiger partial charge on any atom is -0.444 e. The number of hydrogen-bond donors (Lipinski definition) is 1. The van der Waals surface area contributed by atoms with Gasteiger partial charge in [0.05, 0.1) is 17.6 Å². The summed E-state index contributed by atoms with van der Waals surface area (Å²) in [6.07, 6.45) is 1.76. The van der Waals surface area contributed by atoms with E-state index in [0.29, 0.717) is 25.6 Å². The molecule has 1 atom stereocenters. The fourth-order valence-corrected chi connectivity index (χ4v) is 4.10. The summed E-state index contributed by atoms with van der Waals surface area (Å²) in [5.41, 5.74) is 2.45. The summed E-state index contributed by atoms with van der Waals surface area (Å²) in [7, 11) is 0. The first kappa shape index (κ1) is 22.1. The maximum absolute atomic E-state index is 13.3. The Morgan fingerprint density at radius 1 is 1.19 bits per heavy atom. The second kappa shape index (κ2) is 9.18. The van der Waals surface area contributed by atoms with E-state index < -0.39 is 5.60 Å². The minimum atomic E-state index is -0.493. The Labute approximate surface area is 188 Å². The van der Waals surface area contributed by atoms with Crippen LogP contribution in [-0.2, 0) is 11.3 Å². The molecule has 3 aromatic rings. The predicted octanol–water partition coefficient (Wildman–Crippen LogP) is 5.28. The summed E-state index contributed by atoms with van der Waals surface area (Å²) < 4.78 is 21.0. The lowest BCUT2D eigenvalue weighted by Crippen LogP contribution is -2.44. The highest BCUT2D eigenvalue weighted by atomic mass is 19.1. The number of piperidine rings is 1. The molecule has 1 aliphatic heterocycles. The number of rotatable bonds is 5. The van der Waals surface area contributed by atoms with Crippen LogP contribution >= 0.6 is 0 Å². The monoisotopic (exact) mass is 438 g/mol. The van der Waals surface area contributed by atoms with Gasteiger partial charge in [0.1, 0.15) is 11.4 Å². The highest BCUT2D eigenvalue weighted by molar-refractivity contribution is 5.78. The average molecular weight is 439 g/mol. The van der Waals surface area contributed by atoms with Crippen LogP contribution in [0.5, 0.6) is 0 Å². The van der Waals surface area contributed by atoms with Gasteiger partial charge in [0.15, 0.2) is 0 Å². The number of amides is 1. The Kier molecular flexibility index (Phi) is 6.35. The Morgan fingerprint density at radius 3 is 2.69 bits per heavy atom. The molecule has 6 nitrogen and oxygen atoms in total. The van der Waals surface area contributed by atoms with Crippen LogP contribution in [0.1, 0.15) is 39.2 Å². The van der Waals surface area contributed by atoms with E-state index in [1.807, 2.05) is 49.9 Å². The fraction of sp³-hybridized carbons (Fsp3) is 0.440. The standard InChI is InChI=1S/C25H31FN4O2/c1-25(2,3)32-24(31)29-14-6-7-19(16-29)15-27-23-28-21-8-4-5-9-22(21)30(23)17-18-10-12-20(26)13-11-18/h4-5,8-13,19H,6-7,14-17H2,1-3H3,(H,27,28)/t19-/m0/s1. The van der Waals surface area contributed by atoms with E-state index in [1.165, 1.54) is 12.1 Å². The molecule has 0 spiro atoms. The number of halogens is 1. The average Bonchev–Trinajstić information content (AvgIpc) is 3.10. The van der Waals surface area contributed by atoms with Crippen molar-refractivity contribution >= 4 is 23.1 Å². The van der Waals surface area contributed by atoms with Gasteiger partial charge in [0.2, 0.25) is 5.95 Å². The van der Waals surface area contributed by atoms with E-state index in [1.54, 1.807) is 12.1 Å². The molecule has 0 saturated carbocycles. The molecule has 1 aliphatic rings. The lowest BCUT2D eigenvalue weighted by molar-refractivity contribution is 0.0172.